The lowest BCUT2D eigenvalue weighted by Gasteiger charge is -2.43. The molecular formula is C17H28Cl3N5O3S. The van der Waals surface area contributed by atoms with Gasteiger partial charge in [0.25, 0.3) is 0 Å². The summed E-state index contributed by atoms with van der Waals surface area (Å²) in [5.41, 5.74) is 11.2. The number of aromatic nitrogens is 1. The standard InChI is InChI=1S/C17H25N5O3S.3ClH/c18-11-15(19)17(23)21-7-2-8-22(10-9-21)26(24,25)16-4-1-3-13-12-20-6-5-14(13)16;;;/h1,3-6,12,15,24-25H,2,7-11,18-19H2;3*1H/t15-;;;/m1.../s1. The summed E-state index contributed by atoms with van der Waals surface area (Å²) in [7, 11) is -3.18. The zero-order valence-electron chi connectivity index (χ0n) is 15.7. The Bertz CT molecular complexity index is 797. The first-order valence-corrected chi connectivity index (χ1v) is 10.1. The Kier molecular flexibility index (Phi) is 11.7. The molecule has 0 unspecified atom stereocenters. The highest BCUT2D eigenvalue weighted by Gasteiger charge is 2.30. The third kappa shape index (κ3) is 6.06. The van der Waals surface area contributed by atoms with Gasteiger partial charge in [-0.05, 0) is 18.6 Å². The van der Waals surface area contributed by atoms with Gasteiger partial charge >= 0.3 is 0 Å². The molecule has 0 saturated carbocycles. The van der Waals surface area contributed by atoms with Gasteiger partial charge in [-0.2, -0.15) is 0 Å². The minimum absolute atomic E-state index is 0. The van der Waals surface area contributed by atoms with Crippen LogP contribution in [0.1, 0.15) is 6.42 Å². The van der Waals surface area contributed by atoms with Crippen LogP contribution >= 0.6 is 48.0 Å². The first-order chi connectivity index (χ1) is 12.4. The Hall–Kier alpha value is -0.880. The second-order valence-corrected chi connectivity index (χ2v) is 8.32. The average Bonchev–Trinajstić information content (AvgIpc) is 2.93. The number of carbonyl (C=O) groups excluding carboxylic acids is 1. The van der Waals surface area contributed by atoms with E-state index < -0.39 is 16.8 Å². The molecule has 29 heavy (non-hydrogen) atoms. The second-order valence-electron chi connectivity index (χ2n) is 6.32. The summed E-state index contributed by atoms with van der Waals surface area (Å²) in [6.07, 6.45) is 3.97. The van der Waals surface area contributed by atoms with Gasteiger partial charge < -0.3 is 16.4 Å². The van der Waals surface area contributed by atoms with Gasteiger partial charge in [-0.15, -0.1) is 48.0 Å². The summed E-state index contributed by atoms with van der Waals surface area (Å²) in [4.78, 5) is 18.5. The second kappa shape index (κ2) is 12.1. The Morgan fingerprint density at radius 1 is 1.14 bits per heavy atom. The molecule has 1 atom stereocenters. The number of pyridine rings is 1. The number of nitrogens with two attached hydrogens (primary N) is 2. The first kappa shape index (κ1) is 28.1. The van der Waals surface area contributed by atoms with Crippen LogP contribution in [0.2, 0.25) is 0 Å². The zero-order chi connectivity index (χ0) is 18.7. The number of benzene rings is 1. The van der Waals surface area contributed by atoms with Crippen LogP contribution in [-0.2, 0) is 4.79 Å². The molecule has 1 saturated heterocycles. The van der Waals surface area contributed by atoms with E-state index in [1.165, 1.54) is 0 Å². The smallest absolute Gasteiger partial charge is 0.240 e. The molecular weight excluding hydrogens is 461 g/mol. The molecule has 2 heterocycles. The molecule has 1 aliphatic rings. The van der Waals surface area contributed by atoms with Gasteiger partial charge in [0.2, 0.25) is 5.91 Å². The molecule has 3 rings (SSSR count). The molecule has 0 radical (unpaired) electrons. The van der Waals surface area contributed by atoms with Gasteiger partial charge in [0.15, 0.2) is 0 Å². The lowest BCUT2D eigenvalue weighted by molar-refractivity contribution is -0.132. The van der Waals surface area contributed by atoms with Crippen molar-refractivity contribution in [3.05, 3.63) is 36.7 Å². The number of rotatable bonds is 4. The van der Waals surface area contributed by atoms with Gasteiger partial charge in [0.1, 0.15) is 0 Å². The molecule has 2 aromatic rings. The minimum Gasteiger partial charge on any atom is -0.340 e. The molecule has 6 N–H and O–H groups in total. The molecule has 1 aromatic carbocycles. The van der Waals surface area contributed by atoms with E-state index in [9.17, 15) is 13.9 Å². The highest BCUT2D eigenvalue weighted by molar-refractivity contribution is 8.22. The summed E-state index contributed by atoms with van der Waals surface area (Å²) in [5, 5.41) is 1.62. The van der Waals surface area contributed by atoms with E-state index in [4.69, 9.17) is 11.5 Å². The van der Waals surface area contributed by atoms with Crippen LogP contribution < -0.4 is 11.5 Å². The Morgan fingerprint density at radius 3 is 2.55 bits per heavy atom. The van der Waals surface area contributed by atoms with Gasteiger partial charge in [0.05, 0.1) is 10.9 Å². The van der Waals surface area contributed by atoms with Crippen LogP contribution in [0, 0.1) is 0 Å². The van der Waals surface area contributed by atoms with Crippen molar-refractivity contribution in [2.45, 2.75) is 17.4 Å². The number of nitrogens with zero attached hydrogens (tertiary/aromatic N) is 3. The third-order valence-electron chi connectivity index (χ3n) is 4.63. The van der Waals surface area contributed by atoms with Crippen molar-refractivity contribution in [3.63, 3.8) is 0 Å². The van der Waals surface area contributed by atoms with Crippen molar-refractivity contribution in [3.8, 4) is 0 Å². The molecule has 1 aliphatic heterocycles. The Labute approximate surface area is 190 Å². The van der Waals surface area contributed by atoms with E-state index in [1.807, 2.05) is 6.07 Å². The maximum atomic E-state index is 12.3. The fourth-order valence-electron chi connectivity index (χ4n) is 3.17. The van der Waals surface area contributed by atoms with Gasteiger partial charge in [0, 0.05) is 55.9 Å². The Balaban J connectivity index is 0.00000261. The maximum absolute atomic E-state index is 12.3. The summed E-state index contributed by atoms with van der Waals surface area (Å²) in [6.45, 7) is 1.84. The normalized spacial score (nSPS) is 16.6. The zero-order valence-corrected chi connectivity index (χ0v) is 19.0. The fraction of sp³-hybridized carbons (Fsp3) is 0.412. The average molecular weight is 489 g/mol. The Morgan fingerprint density at radius 2 is 1.86 bits per heavy atom. The summed E-state index contributed by atoms with van der Waals surface area (Å²) >= 11 is 0. The van der Waals surface area contributed by atoms with Crippen LogP contribution in [0.4, 0.5) is 0 Å². The number of hydrogen-bond acceptors (Lipinski definition) is 7. The quantitative estimate of drug-likeness (QED) is 0.520. The van der Waals surface area contributed by atoms with Crippen LogP contribution in [0.3, 0.4) is 0 Å². The van der Waals surface area contributed by atoms with Crippen molar-refractivity contribution in [2.75, 3.05) is 32.7 Å². The van der Waals surface area contributed by atoms with E-state index in [0.717, 1.165) is 10.8 Å². The van der Waals surface area contributed by atoms with Crippen molar-refractivity contribution < 1.29 is 13.9 Å². The summed E-state index contributed by atoms with van der Waals surface area (Å²) in [6, 6.07) is 6.48. The van der Waals surface area contributed by atoms with Crippen molar-refractivity contribution in [1.82, 2.24) is 14.2 Å². The van der Waals surface area contributed by atoms with E-state index in [0.29, 0.717) is 37.5 Å². The van der Waals surface area contributed by atoms with Crippen LogP contribution in [-0.4, -0.2) is 68.0 Å². The first-order valence-electron chi connectivity index (χ1n) is 8.55. The third-order valence-corrected chi connectivity index (χ3v) is 6.66. The van der Waals surface area contributed by atoms with E-state index in [2.05, 4.69) is 4.98 Å². The predicted molar refractivity (Wildman–Crippen MR) is 124 cm³/mol. The molecule has 0 aliphatic carbocycles. The van der Waals surface area contributed by atoms with Crippen molar-refractivity contribution >= 4 is 64.7 Å². The van der Waals surface area contributed by atoms with Crippen LogP contribution in [0.5, 0.6) is 0 Å². The number of halogens is 3. The van der Waals surface area contributed by atoms with E-state index in [-0.39, 0.29) is 49.7 Å². The monoisotopic (exact) mass is 487 g/mol. The molecule has 166 valence electrons. The topological polar surface area (TPSA) is 129 Å². The van der Waals surface area contributed by atoms with Gasteiger partial charge in [-0.1, -0.05) is 12.1 Å². The molecule has 8 nitrogen and oxygen atoms in total. The largest absolute Gasteiger partial charge is 0.340 e. The molecule has 1 amide bonds. The number of fused-ring (bicyclic) bond motifs is 1. The molecule has 0 spiro atoms. The lowest BCUT2D eigenvalue weighted by Crippen LogP contribution is -2.48. The highest BCUT2D eigenvalue weighted by atomic mass is 35.5. The molecule has 1 aromatic heterocycles. The van der Waals surface area contributed by atoms with E-state index >= 15 is 0 Å². The summed E-state index contributed by atoms with van der Waals surface area (Å²) < 4.78 is 23.7. The van der Waals surface area contributed by atoms with Crippen molar-refractivity contribution in [2.24, 2.45) is 11.5 Å². The molecule has 1 fully saturated rings. The SMILES string of the molecule is Cl.Cl.Cl.NC[C@@H](N)C(=O)N1CCCN(S(O)(O)c2cccc3cnccc23)CC1. The molecule has 0 bridgehead atoms. The maximum Gasteiger partial charge on any atom is 0.240 e. The molecule has 12 heteroatoms. The summed E-state index contributed by atoms with van der Waals surface area (Å²) in [5.74, 6) is -0.193. The van der Waals surface area contributed by atoms with Crippen LogP contribution in [0.25, 0.3) is 10.8 Å². The van der Waals surface area contributed by atoms with Gasteiger partial charge in [-0.25, -0.2) is 4.31 Å². The van der Waals surface area contributed by atoms with Gasteiger partial charge in [-0.3, -0.25) is 18.9 Å². The minimum atomic E-state index is -3.18. The number of carbonyl (C=O) groups is 1. The lowest BCUT2D eigenvalue weighted by atomic mass is 10.2. The van der Waals surface area contributed by atoms with Crippen LogP contribution in [0.15, 0.2) is 41.6 Å². The number of amides is 1. The highest BCUT2D eigenvalue weighted by Crippen LogP contribution is 2.54. The van der Waals surface area contributed by atoms with E-state index in [1.54, 1.807) is 39.8 Å². The van der Waals surface area contributed by atoms with Crippen molar-refractivity contribution in [1.29, 1.82) is 0 Å². The number of hydrogen-bond donors (Lipinski definition) is 4. The fourth-order valence-corrected chi connectivity index (χ4v) is 4.91. The predicted octanol–water partition coefficient (Wildman–Crippen LogP) is 2.35.